The molecule has 2 atom stereocenters. The van der Waals surface area contributed by atoms with Crippen LogP contribution in [-0.4, -0.2) is 47.1 Å². The number of carbonyl (C=O) groups is 3. The molecule has 0 aromatic heterocycles. The summed E-state index contributed by atoms with van der Waals surface area (Å²) in [5.74, 6) is -0.129. The van der Waals surface area contributed by atoms with E-state index in [0.717, 1.165) is 11.1 Å². The molecule has 0 saturated heterocycles. The number of nitrogens with zero attached hydrogens (tertiary/aromatic N) is 1. The number of hydrogen-bond acceptors (Lipinski definition) is 5. The van der Waals surface area contributed by atoms with Crippen molar-refractivity contribution in [2.75, 3.05) is 12.4 Å². The summed E-state index contributed by atoms with van der Waals surface area (Å²) in [6.07, 6.45) is -0.493. The average Bonchev–Trinajstić information content (AvgIpc) is 2.90. The summed E-state index contributed by atoms with van der Waals surface area (Å²) in [6.45, 7) is 12.8. The number of benzene rings is 3. The van der Waals surface area contributed by atoms with Crippen LogP contribution in [0.4, 0.5) is 10.5 Å². The lowest BCUT2D eigenvalue weighted by atomic mass is 9.92. The number of amides is 3. The highest BCUT2D eigenvalue weighted by Crippen LogP contribution is 2.33. The minimum absolute atomic E-state index is 0.214. The van der Waals surface area contributed by atoms with Crippen molar-refractivity contribution >= 4 is 23.6 Å². The van der Waals surface area contributed by atoms with Crippen molar-refractivity contribution in [1.29, 1.82) is 0 Å². The number of nitrogens with one attached hydrogen (secondary N) is 2. The summed E-state index contributed by atoms with van der Waals surface area (Å²) in [6, 6.07) is 22.0. The highest BCUT2D eigenvalue weighted by Gasteiger charge is 2.42. The molecule has 0 aliphatic rings. The molecule has 0 radical (unpaired) electrons. The van der Waals surface area contributed by atoms with Crippen molar-refractivity contribution in [2.24, 2.45) is 0 Å². The number of hydrogen-bond donors (Lipinski definition) is 2. The van der Waals surface area contributed by atoms with Crippen LogP contribution >= 0.6 is 0 Å². The van der Waals surface area contributed by atoms with Gasteiger partial charge in [0.25, 0.3) is 5.91 Å². The first-order chi connectivity index (χ1) is 19.7. The number of aryl methyl sites for hydroxylation is 1. The molecule has 8 nitrogen and oxygen atoms in total. The molecule has 0 aliphatic heterocycles. The van der Waals surface area contributed by atoms with E-state index in [-0.39, 0.29) is 12.3 Å². The molecule has 2 unspecified atom stereocenters. The predicted molar refractivity (Wildman–Crippen MR) is 165 cm³/mol. The maximum Gasteiger partial charge on any atom is 0.408 e. The Kier molecular flexibility index (Phi) is 10.4. The second-order valence-corrected chi connectivity index (χ2v) is 12.2. The van der Waals surface area contributed by atoms with Crippen molar-refractivity contribution in [2.45, 2.75) is 78.1 Å². The van der Waals surface area contributed by atoms with E-state index < -0.39 is 35.2 Å². The van der Waals surface area contributed by atoms with E-state index in [0.29, 0.717) is 17.0 Å². The maximum absolute atomic E-state index is 14.6. The highest BCUT2D eigenvalue weighted by atomic mass is 16.6. The smallest absolute Gasteiger partial charge is 0.408 e. The van der Waals surface area contributed by atoms with Gasteiger partial charge in [-0.05, 0) is 89.4 Å². The van der Waals surface area contributed by atoms with Gasteiger partial charge in [0.2, 0.25) is 5.91 Å². The fourth-order valence-electron chi connectivity index (χ4n) is 4.69. The Bertz CT molecular complexity index is 1360. The van der Waals surface area contributed by atoms with Crippen molar-refractivity contribution in [3.8, 4) is 5.75 Å². The van der Waals surface area contributed by atoms with E-state index >= 15 is 0 Å². The zero-order valence-electron chi connectivity index (χ0n) is 25.9. The van der Waals surface area contributed by atoms with Gasteiger partial charge in [-0.3, -0.25) is 9.59 Å². The summed E-state index contributed by atoms with van der Waals surface area (Å²) in [7, 11) is 1.58. The lowest BCUT2D eigenvalue weighted by Crippen LogP contribution is -2.58. The monoisotopic (exact) mass is 573 g/mol. The summed E-state index contributed by atoms with van der Waals surface area (Å²) in [4.78, 5) is 43.3. The van der Waals surface area contributed by atoms with Crippen LogP contribution in [0.3, 0.4) is 0 Å². The normalized spacial score (nSPS) is 13.0. The average molecular weight is 574 g/mol. The summed E-state index contributed by atoms with van der Waals surface area (Å²) >= 11 is 0. The van der Waals surface area contributed by atoms with Gasteiger partial charge in [-0.1, -0.05) is 54.6 Å². The van der Waals surface area contributed by atoms with Gasteiger partial charge in [0.15, 0.2) is 0 Å². The molecular formula is C34H43N3O5. The van der Waals surface area contributed by atoms with Gasteiger partial charge in [-0.25, -0.2) is 4.79 Å². The largest absolute Gasteiger partial charge is 0.497 e. The molecule has 0 fully saturated rings. The first-order valence-corrected chi connectivity index (χ1v) is 14.1. The number of rotatable bonds is 9. The van der Waals surface area contributed by atoms with Crippen molar-refractivity contribution in [3.05, 3.63) is 95.6 Å². The minimum Gasteiger partial charge on any atom is -0.497 e. The van der Waals surface area contributed by atoms with E-state index in [1.807, 2.05) is 82.3 Å². The molecule has 2 N–H and O–H groups in total. The van der Waals surface area contributed by atoms with E-state index in [1.54, 1.807) is 57.0 Å². The van der Waals surface area contributed by atoms with Crippen LogP contribution in [0.5, 0.6) is 5.75 Å². The van der Waals surface area contributed by atoms with Gasteiger partial charge in [0.1, 0.15) is 23.4 Å². The molecule has 0 saturated carbocycles. The SMILES string of the molecule is COc1ccc(NC(=O)C(c2ccccc2C)N(C(=O)C(Cc2ccccc2)NC(=O)OC(C)(C)C)C(C)(C)C)cc1. The second kappa shape index (κ2) is 13.6. The minimum atomic E-state index is -1.00. The Balaban J connectivity index is 2.09. The zero-order chi connectivity index (χ0) is 31.1. The molecule has 8 heteroatoms. The van der Waals surface area contributed by atoms with Crippen LogP contribution in [0.2, 0.25) is 0 Å². The number of ether oxygens (including phenoxy) is 2. The summed E-state index contributed by atoms with van der Waals surface area (Å²) in [5.41, 5.74) is 1.39. The predicted octanol–water partition coefficient (Wildman–Crippen LogP) is 6.45. The molecule has 3 aromatic carbocycles. The van der Waals surface area contributed by atoms with Crippen LogP contribution in [0, 0.1) is 6.92 Å². The Hall–Kier alpha value is -4.33. The molecule has 0 spiro atoms. The maximum atomic E-state index is 14.6. The van der Waals surface area contributed by atoms with Crippen LogP contribution in [0.15, 0.2) is 78.9 Å². The number of alkyl carbamates (subject to hydrolysis) is 1. The van der Waals surface area contributed by atoms with Gasteiger partial charge in [0.05, 0.1) is 7.11 Å². The van der Waals surface area contributed by atoms with Gasteiger partial charge in [-0.2, -0.15) is 0 Å². The fraction of sp³-hybridized carbons (Fsp3) is 0.382. The van der Waals surface area contributed by atoms with Crippen LogP contribution in [0.1, 0.15) is 64.3 Å². The zero-order valence-corrected chi connectivity index (χ0v) is 25.9. The Labute approximate surface area is 249 Å². The number of anilines is 1. The lowest BCUT2D eigenvalue weighted by Gasteiger charge is -2.43. The molecule has 3 aromatic rings. The van der Waals surface area contributed by atoms with E-state index in [4.69, 9.17) is 9.47 Å². The van der Waals surface area contributed by atoms with E-state index in [1.165, 1.54) is 0 Å². The number of methoxy groups -OCH3 is 1. The first-order valence-electron chi connectivity index (χ1n) is 14.1. The summed E-state index contributed by atoms with van der Waals surface area (Å²) < 4.78 is 10.8. The van der Waals surface area contributed by atoms with Gasteiger partial charge >= 0.3 is 6.09 Å². The molecule has 224 valence electrons. The third-order valence-corrected chi connectivity index (χ3v) is 6.58. The van der Waals surface area contributed by atoms with Gasteiger partial charge < -0.3 is 25.0 Å². The topological polar surface area (TPSA) is 97.0 Å². The van der Waals surface area contributed by atoms with Crippen LogP contribution in [-0.2, 0) is 20.7 Å². The molecule has 42 heavy (non-hydrogen) atoms. The standard InChI is InChI=1S/C34H43N3O5/c1-23-14-12-13-17-27(23)29(30(38)35-25-18-20-26(41-8)21-19-25)37(33(2,3)4)31(39)28(22-24-15-10-9-11-16-24)36-32(40)42-34(5,6)7/h9-21,28-29H,22H2,1-8H3,(H,35,38)(H,36,40). The summed E-state index contributed by atoms with van der Waals surface area (Å²) in [5, 5.41) is 5.79. The molecule has 3 amide bonds. The van der Waals surface area contributed by atoms with Gasteiger partial charge in [0, 0.05) is 17.6 Å². The Morgan fingerprint density at radius 3 is 1.98 bits per heavy atom. The lowest BCUT2D eigenvalue weighted by molar-refractivity contribution is -0.146. The van der Waals surface area contributed by atoms with Crippen molar-refractivity contribution in [1.82, 2.24) is 10.2 Å². The van der Waals surface area contributed by atoms with E-state index in [9.17, 15) is 14.4 Å². The van der Waals surface area contributed by atoms with Crippen LogP contribution < -0.4 is 15.4 Å². The molecule has 0 heterocycles. The Morgan fingerprint density at radius 1 is 0.833 bits per heavy atom. The molecule has 3 rings (SSSR count). The molecule has 0 bridgehead atoms. The van der Waals surface area contributed by atoms with Gasteiger partial charge in [-0.15, -0.1) is 0 Å². The highest BCUT2D eigenvalue weighted by molar-refractivity contribution is 5.99. The first kappa shape index (κ1) is 32.2. The fourth-order valence-corrected chi connectivity index (χ4v) is 4.69. The molecular weight excluding hydrogens is 530 g/mol. The quantitative estimate of drug-likeness (QED) is 0.307. The second-order valence-electron chi connectivity index (χ2n) is 12.2. The van der Waals surface area contributed by atoms with Crippen LogP contribution in [0.25, 0.3) is 0 Å². The van der Waals surface area contributed by atoms with Crippen molar-refractivity contribution in [3.63, 3.8) is 0 Å². The Morgan fingerprint density at radius 2 is 1.43 bits per heavy atom. The third-order valence-electron chi connectivity index (χ3n) is 6.58. The van der Waals surface area contributed by atoms with E-state index in [2.05, 4.69) is 10.6 Å². The molecule has 0 aliphatic carbocycles. The van der Waals surface area contributed by atoms with Crippen molar-refractivity contribution < 1.29 is 23.9 Å². The number of carbonyl (C=O) groups excluding carboxylic acids is 3. The third kappa shape index (κ3) is 8.83.